The number of nitrogens with zero attached hydrogens (tertiary/aromatic N) is 1. The Labute approximate surface area is 162 Å². The van der Waals surface area contributed by atoms with E-state index in [1.54, 1.807) is 19.1 Å². The highest BCUT2D eigenvalue weighted by Crippen LogP contribution is 2.23. The minimum Gasteiger partial charge on any atom is -0.385 e. The van der Waals surface area contributed by atoms with Gasteiger partial charge >= 0.3 is 0 Å². The lowest BCUT2D eigenvalue weighted by Gasteiger charge is -2.17. The number of rotatable bonds is 7. The van der Waals surface area contributed by atoms with Gasteiger partial charge in [-0.2, -0.15) is 0 Å². The van der Waals surface area contributed by atoms with Crippen LogP contribution < -0.4 is 10.6 Å². The summed E-state index contributed by atoms with van der Waals surface area (Å²) >= 11 is 0. The standard InChI is InChI=1S/C21H22FN3O3/c1-14(16-4-8-19-17(12-16)5-9-20(26)24-19)25-28-13-21(27)23-11-10-15-2-6-18(22)7-3-15/h2-4,6-8,12H,5,9-11,13H2,1H3,(H,23,27)(H,24,26)/b25-14+. The Kier molecular flexibility index (Phi) is 6.37. The molecule has 28 heavy (non-hydrogen) atoms. The molecule has 2 aromatic carbocycles. The fourth-order valence-electron chi connectivity index (χ4n) is 2.90. The van der Waals surface area contributed by atoms with E-state index in [2.05, 4.69) is 15.8 Å². The first-order chi connectivity index (χ1) is 13.5. The van der Waals surface area contributed by atoms with E-state index in [1.807, 2.05) is 18.2 Å². The number of hydrogen-bond donors (Lipinski definition) is 2. The van der Waals surface area contributed by atoms with Gasteiger partial charge in [0.15, 0.2) is 6.61 Å². The summed E-state index contributed by atoms with van der Waals surface area (Å²) in [5, 5.41) is 9.57. The number of benzene rings is 2. The molecule has 0 aliphatic carbocycles. The van der Waals surface area contributed by atoms with Crippen LogP contribution >= 0.6 is 0 Å². The van der Waals surface area contributed by atoms with Crippen LogP contribution in [0.3, 0.4) is 0 Å². The van der Waals surface area contributed by atoms with E-state index in [4.69, 9.17) is 4.84 Å². The maximum Gasteiger partial charge on any atom is 0.260 e. The Morgan fingerprint density at radius 1 is 1.21 bits per heavy atom. The summed E-state index contributed by atoms with van der Waals surface area (Å²) in [6.07, 6.45) is 1.78. The maximum absolute atomic E-state index is 12.8. The fraction of sp³-hybridized carbons (Fsp3) is 0.286. The third-order valence-corrected chi connectivity index (χ3v) is 4.46. The average Bonchev–Trinajstić information content (AvgIpc) is 2.69. The Morgan fingerprint density at radius 3 is 2.79 bits per heavy atom. The molecule has 7 heteroatoms. The van der Waals surface area contributed by atoms with E-state index >= 15 is 0 Å². The molecule has 1 aliphatic rings. The van der Waals surface area contributed by atoms with E-state index in [-0.39, 0.29) is 24.2 Å². The number of carbonyl (C=O) groups is 2. The zero-order valence-corrected chi connectivity index (χ0v) is 15.6. The van der Waals surface area contributed by atoms with E-state index in [0.29, 0.717) is 31.5 Å². The van der Waals surface area contributed by atoms with Gasteiger partial charge in [-0.15, -0.1) is 0 Å². The smallest absolute Gasteiger partial charge is 0.260 e. The Bertz CT molecular complexity index is 894. The van der Waals surface area contributed by atoms with Crippen LogP contribution in [0.2, 0.25) is 0 Å². The van der Waals surface area contributed by atoms with Gasteiger partial charge in [-0.1, -0.05) is 23.4 Å². The molecule has 0 unspecified atom stereocenters. The third kappa shape index (κ3) is 5.39. The molecule has 1 heterocycles. The Morgan fingerprint density at radius 2 is 2.00 bits per heavy atom. The number of anilines is 1. The van der Waals surface area contributed by atoms with Crippen LogP contribution in [0.4, 0.5) is 10.1 Å². The van der Waals surface area contributed by atoms with Crippen LogP contribution in [0, 0.1) is 5.82 Å². The van der Waals surface area contributed by atoms with Gasteiger partial charge in [-0.3, -0.25) is 9.59 Å². The average molecular weight is 383 g/mol. The highest BCUT2D eigenvalue weighted by Gasteiger charge is 2.15. The number of hydrogen-bond acceptors (Lipinski definition) is 4. The van der Waals surface area contributed by atoms with E-state index in [1.165, 1.54) is 12.1 Å². The van der Waals surface area contributed by atoms with Crippen LogP contribution in [0.25, 0.3) is 0 Å². The molecule has 6 nitrogen and oxygen atoms in total. The van der Waals surface area contributed by atoms with Gasteiger partial charge < -0.3 is 15.5 Å². The SMILES string of the molecule is C/C(=N\OCC(=O)NCCc1ccc(F)cc1)c1ccc2c(c1)CCC(=O)N2. The van der Waals surface area contributed by atoms with Crippen molar-refractivity contribution in [3.05, 3.63) is 65.0 Å². The highest BCUT2D eigenvalue weighted by molar-refractivity contribution is 6.00. The number of fused-ring (bicyclic) bond motifs is 1. The predicted octanol–water partition coefficient (Wildman–Crippen LogP) is 2.81. The number of aryl methyl sites for hydroxylation is 1. The van der Waals surface area contributed by atoms with Gasteiger partial charge in [-0.05, 0) is 60.7 Å². The monoisotopic (exact) mass is 383 g/mol. The third-order valence-electron chi connectivity index (χ3n) is 4.46. The molecule has 2 N–H and O–H groups in total. The number of halogens is 1. The summed E-state index contributed by atoms with van der Waals surface area (Å²) in [5.74, 6) is -0.524. The molecular formula is C21H22FN3O3. The molecule has 0 saturated carbocycles. The van der Waals surface area contributed by atoms with Gasteiger partial charge in [0.1, 0.15) is 5.82 Å². The van der Waals surface area contributed by atoms with Crippen molar-refractivity contribution in [1.29, 1.82) is 0 Å². The molecule has 146 valence electrons. The number of carbonyl (C=O) groups excluding carboxylic acids is 2. The van der Waals surface area contributed by atoms with Crippen molar-refractivity contribution < 1.29 is 18.8 Å². The number of oxime groups is 1. The van der Waals surface area contributed by atoms with E-state index in [0.717, 1.165) is 22.4 Å². The van der Waals surface area contributed by atoms with Gasteiger partial charge in [0, 0.05) is 18.7 Å². The van der Waals surface area contributed by atoms with Crippen molar-refractivity contribution in [3.63, 3.8) is 0 Å². The van der Waals surface area contributed by atoms with E-state index < -0.39 is 0 Å². The molecule has 0 spiro atoms. The summed E-state index contributed by atoms with van der Waals surface area (Å²) in [5.41, 5.74) is 4.37. The minimum absolute atomic E-state index is 0.0272. The minimum atomic E-state index is -0.280. The van der Waals surface area contributed by atoms with Crippen LogP contribution in [-0.4, -0.2) is 30.7 Å². The molecule has 1 aliphatic heterocycles. The van der Waals surface area contributed by atoms with Gasteiger partial charge in [0.2, 0.25) is 5.91 Å². The van der Waals surface area contributed by atoms with Crippen LogP contribution in [0.1, 0.15) is 30.0 Å². The lowest BCUT2D eigenvalue weighted by Crippen LogP contribution is -2.29. The lowest BCUT2D eigenvalue weighted by atomic mass is 9.99. The first kappa shape index (κ1) is 19.5. The first-order valence-electron chi connectivity index (χ1n) is 9.12. The van der Waals surface area contributed by atoms with Gasteiger partial charge in [0.05, 0.1) is 5.71 Å². The Balaban J connectivity index is 1.44. The molecular weight excluding hydrogens is 361 g/mol. The second kappa shape index (κ2) is 9.12. The largest absolute Gasteiger partial charge is 0.385 e. The molecule has 2 aromatic rings. The summed E-state index contributed by atoms with van der Waals surface area (Å²) in [7, 11) is 0. The summed E-state index contributed by atoms with van der Waals surface area (Å²) in [6, 6.07) is 11.8. The number of nitrogens with one attached hydrogen (secondary N) is 2. The Hall–Kier alpha value is -3.22. The fourth-order valence-corrected chi connectivity index (χ4v) is 2.90. The van der Waals surface area contributed by atoms with Gasteiger partial charge in [0.25, 0.3) is 5.91 Å². The first-order valence-corrected chi connectivity index (χ1v) is 9.12. The topological polar surface area (TPSA) is 79.8 Å². The van der Waals surface area contributed by atoms with Crippen molar-refractivity contribution >= 4 is 23.2 Å². The van der Waals surface area contributed by atoms with Crippen molar-refractivity contribution in [2.24, 2.45) is 5.16 Å². The van der Waals surface area contributed by atoms with Crippen LogP contribution in [0.15, 0.2) is 47.6 Å². The van der Waals surface area contributed by atoms with Crippen molar-refractivity contribution in [3.8, 4) is 0 Å². The number of amides is 2. The molecule has 0 fully saturated rings. The second-order valence-corrected chi connectivity index (χ2v) is 6.60. The van der Waals surface area contributed by atoms with Gasteiger partial charge in [-0.25, -0.2) is 4.39 Å². The second-order valence-electron chi connectivity index (χ2n) is 6.60. The summed E-state index contributed by atoms with van der Waals surface area (Å²) < 4.78 is 12.8. The van der Waals surface area contributed by atoms with Crippen molar-refractivity contribution in [1.82, 2.24) is 5.32 Å². The molecule has 0 atom stereocenters. The van der Waals surface area contributed by atoms with E-state index in [9.17, 15) is 14.0 Å². The zero-order chi connectivity index (χ0) is 19.9. The highest BCUT2D eigenvalue weighted by atomic mass is 19.1. The molecule has 0 saturated heterocycles. The summed E-state index contributed by atoms with van der Waals surface area (Å²) in [4.78, 5) is 28.4. The zero-order valence-electron chi connectivity index (χ0n) is 15.6. The molecule has 0 radical (unpaired) electrons. The molecule has 3 rings (SSSR count). The summed E-state index contributed by atoms with van der Waals surface area (Å²) in [6.45, 7) is 2.06. The van der Waals surface area contributed by atoms with Crippen LogP contribution in [0.5, 0.6) is 0 Å². The molecule has 2 amide bonds. The predicted molar refractivity (Wildman–Crippen MR) is 105 cm³/mol. The van der Waals surface area contributed by atoms with Crippen LogP contribution in [-0.2, 0) is 27.3 Å². The lowest BCUT2D eigenvalue weighted by molar-refractivity contribution is -0.125. The quantitative estimate of drug-likeness (QED) is 0.570. The van der Waals surface area contributed by atoms with Crippen molar-refractivity contribution in [2.75, 3.05) is 18.5 Å². The molecule has 0 bridgehead atoms. The van der Waals surface area contributed by atoms with Crippen molar-refractivity contribution in [2.45, 2.75) is 26.2 Å². The maximum atomic E-state index is 12.8. The normalized spacial score (nSPS) is 13.5. The molecule has 0 aromatic heterocycles.